The van der Waals surface area contributed by atoms with Gasteiger partial charge in [0.05, 0.1) is 30.0 Å². The number of carbonyl (C=O) groups excluding carboxylic acids is 1. The first-order chi connectivity index (χ1) is 12.7. The topological polar surface area (TPSA) is 67.6 Å². The van der Waals surface area contributed by atoms with Crippen molar-refractivity contribution < 1.29 is 13.9 Å². The van der Waals surface area contributed by atoms with Crippen molar-refractivity contribution in [1.29, 1.82) is 0 Å². The molecule has 6 nitrogen and oxygen atoms in total. The molecule has 2 fully saturated rings. The van der Waals surface area contributed by atoms with Gasteiger partial charge in [0.2, 0.25) is 5.91 Å². The number of aryl methyl sites for hydroxylation is 1. The Bertz CT molecular complexity index is 747. The smallest absolute Gasteiger partial charge is 0.228 e. The zero-order chi connectivity index (χ0) is 17.9. The number of fused-ring (bicyclic) bond motifs is 1. The molecule has 2 aliphatic rings. The Morgan fingerprint density at radius 1 is 1.38 bits per heavy atom. The predicted molar refractivity (Wildman–Crippen MR) is 97.5 cm³/mol. The molecular formula is C20H25N3O3. The number of aromatic nitrogens is 1. The Morgan fingerprint density at radius 3 is 3.12 bits per heavy atom. The van der Waals surface area contributed by atoms with Crippen LogP contribution in [0.25, 0.3) is 0 Å². The summed E-state index contributed by atoms with van der Waals surface area (Å²) in [4.78, 5) is 19.6. The van der Waals surface area contributed by atoms with Gasteiger partial charge in [0.25, 0.3) is 0 Å². The van der Waals surface area contributed by atoms with Crippen LogP contribution in [0.4, 0.5) is 5.69 Å². The SMILES string of the molecule is Cc1ncccc1NC(=O)[C@@H]1CCO[C@@H]2CCN(Cc3ccoc3)C[C@@H]21. The molecule has 4 rings (SSSR count). The first-order valence-corrected chi connectivity index (χ1v) is 9.28. The molecule has 2 aliphatic heterocycles. The van der Waals surface area contributed by atoms with Gasteiger partial charge in [-0.25, -0.2) is 0 Å². The van der Waals surface area contributed by atoms with E-state index < -0.39 is 0 Å². The molecule has 0 radical (unpaired) electrons. The monoisotopic (exact) mass is 355 g/mol. The van der Waals surface area contributed by atoms with E-state index in [1.54, 1.807) is 18.7 Å². The Hall–Kier alpha value is -2.18. The number of rotatable bonds is 4. The molecular weight excluding hydrogens is 330 g/mol. The maximum atomic E-state index is 13.0. The molecule has 1 amide bonds. The number of furan rings is 1. The minimum absolute atomic E-state index is 0.0273. The second-order valence-electron chi connectivity index (χ2n) is 7.25. The molecule has 2 aromatic heterocycles. The lowest BCUT2D eigenvalue weighted by atomic mass is 9.79. The lowest BCUT2D eigenvalue weighted by Gasteiger charge is -2.44. The predicted octanol–water partition coefficient (Wildman–Crippen LogP) is 2.85. The second kappa shape index (κ2) is 7.60. The lowest BCUT2D eigenvalue weighted by molar-refractivity contribution is -0.137. The first-order valence-electron chi connectivity index (χ1n) is 9.28. The van der Waals surface area contributed by atoms with Gasteiger partial charge in [-0.2, -0.15) is 0 Å². The van der Waals surface area contributed by atoms with Crippen LogP contribution in [-0.2, 0) is 16.1 Å². The van der Waals surface area contributed by atoms with Gasteiger partial charge in [-0.1, -0.05) is 0 Å². The van der Waals surface area contributed by atoms with Gasteiger partial charge < -0.3 is 14.5 Å². The fraction of sp³-hybridized carbons (Fsp3) is 0.500. The van der Waals surface area contributed by atoms with Crippen molar-refractivity contribution in [3.05, 3.63) is 48.2 Å². The normalized spacial score (nSPS) is 26.3. The Kier molecular flexibility index (Phi) is 5.04. The minimum atomic E-state index is -0.0273. The van der Waals surface area contributed by atoms with E-state index in [2.05, 4.69) is 15.2 Å². The fourth-order valence-electron chi connectivity index (χ4n) is 4.14. The number of hydrogen-bond acceptors (Lipinski definition) is 5. The van der Waals surface area contributed by atoms with E-state index in [9.17, 15) is 4.79 Å². The van der Waals surface area contributed by atoms with Gasteiger partial charge in [-0.05, 0) is 38.0 Å². The van der Waals surface area contributed by atoms with Crippen LogP contribution in [-0.4, -0.2) is 41.6 Å². The number of carbonyl (C=O) groups is 1. The van der Waals surface area contributed by atoms with Crippen LogP contribution in [0, 0.1) is 18.8 Å². The summed E-state index contributed by atoms with van der Waals surface area (Å²) in [6.45, 7) is 5.29. The van der Waals surface area contributed by atoms with Crippen LogP contribution >= 0.6 is 0 Å². The van der Waals surface area contributed by atoms with E-state index in [1.165, 1.54) is 5.56 Å². The van der Waals surface area contributed by atoms with Crippen LogP contribution in [0.2, 0.25) is 0 Å². The number of anilines is 1. The van der Waals surface area contributed by atoms with Crippen LogP contribution in [0.3, 0.4) is 0 Å². The fourth-order valence-corrected chi connectivity index (χ4v) is 4.14. The molecule has 0 saturated carbocycles. The van der Waals surface area contributed by atoms with E-state index in [0.717, 1.165) is 43.9 Å². The summed E-state index contributed by atoms with van der Waals surface area (Å²) in [6, 6.07) is 5.75. The number of nitrogens with one attached hydrogen (secondary N) is 1. The number of pyridine rings is 1. The van der Waals surface area contributed by atoms with Gasteiger partial charge in [-0.3, -0.25) is 14.7 Å². The number of piperidine rings is 1. The molecule has 3 atom stereocenters. The highest BCUT2D eigenvalue weighted by Crippen LogP contribution is 2.34. The van der Waals surface area contributed by atoms with E-state index in [-0.39, 0.29) is 23.8 Å². The van der Waals surface area contributed by atoms with Crippen molar-refractivity contribution in [2.75, 3.05) is 25.0 Å². The molecule has 4 heterocycles. The highest BCUT2D eigenvalue weighted by molar-refractivity contribution is 5.93. The molecule has 0 aliphatic carbocycles. The van der Waals surface area contributed by atoms with Crippen molar-refractivity contribution in [3.63, 3.8) is 0 Å². The number of ether oxygens (including phenoxy) is 1. The standard InChI is InChI=1S/C20H25N3O3/c1-14-18(3-2-7-21-14)22-20(24)16-6-10-26-19-4-8-23(12-17(16)19)11-15-5-9-25-13-15/h2-3,5,7,9,13,16-17,19H,4,6,8,10-12H2,1H3,(H,22,24)/t16-,17-,19-/m1/s1. The van der Waals surface area contributed by atoms with Crippen molar-refractivity contribution in [2.45, 2.75) is 32.4 Å². The molecule has 0 aromatic carbocycles. The molecule has 0 unspecified atom stereocenters. The van der Waals surface area contributed by atoms with Crippen molar-refractivity contribution in [3.8, 4) is 0 Å². The van der Waals surface area contributed by atoms with Gasteiger partial charge in [0, 0.05) is 49.8 Å². The third-order valence-electron chi connectivity index (χ3n) is 5.54. The lowest BCUT2D eigenvalue weighted by Crippen LogP contribution is -2.52. The maximum Gasteiger partial charge on any atom is 0.228 e. The Morgan fingerprint density at radius 2 is 2.31 bits per heavy atom. The van der Waals surface area contributed by atoms with Gasteiger partial charge in [0.1, 0.15) is 0 Å². The van der Waals surface area contributed by atoms with Crippen molar-refractivity contribution in [1.82, 2.24) is 9.88 Å². The second-order valence-corrected chi connectivity index (χ2v) is 7.25. The van der Waals surface area contributed by atoms with Crippen LogP contribution in [0.15, 0.2) is 41.3 Å². The summed E-state index contributed by atoms with van der Waals surface area (Å²) in [5, 5.41) is 3.08. The van der Waals surface area contributed by atoms with Crippen molar-refractivity contribution in [2.24, 2.45) is 11.8 Å². The Labute approximate surface area is 153 Å². The van der Waals surface area contributed by atoms with Crippen LogP contribution < -0.4 is 5.32 Å². The summed E-state index contributed by atoms with van der Waals surface area (Å²) >= 11 is 0. The molecule has 2 saturated heterocycles. The molecule has 1 N–H and O–H groups in total. The molecule has 26 heavy (non-hydrogen) atoms. The van der Waals surface area contributed by atoms with E-state index in [4.69, 9.17) is 9.15 Å². The number of hydrogen-bond donors (Lipinski definition) is 1. The minimum Gasteiger partial charge on any atom is -0.472 e. The molecule has 2 aromatic rings. The summed E-state index contributed by atoms with van der Waals surface area (Å²) in [7, 11) is 0. The quantitative estimate of drug-likeness (QED) is 0.913. The maximum absolute atomic E-state index is 13.0. The number of nitrogens with zero attached hydrogens (tertiary/aromatic N) is 2. The van der Waals surface area contributed by atoms with E-state index >= 15 is 0 Å². The highest BCUT2D eigenvalue weighted by Gasteiger charge is 2.41. The van der Waals surface area contributed by atoms with E-state index in [1.807, 2.05) is 25.1 Å². The molecule has 0 bridgehead atoms. The summed E-state index contributed by atoms with van der Waals surface area (Å²) in [6.07, 6.45) is 7.15. The van der Waals surface area contributed by atoms with E-state index in [0.29, 0.717) is 6.61 Å². The Balaban J connectivity index is 1.45. The summed E-state index contributed by atoms with van der Waals surface area (Å²) < 4.78 is 11.2. The number of amides is 1. The summed E-state index contributed by atoms with van der Waals surface area (Å²) in [5.74, 6) is 0.284. The largest absolute Gasteiger partial charge is 0.472 e. The molecule has 0 spiro atoms. The van der Waals surface area contributed by atoms with Gasteiger partial charge >= 0.3 is 0 Å². The summed E-state index contributed by atoms with van der Waals surface area (Å²) in [5.41, 5.74) is 2.81. The first kappa shape index (κ1) is 17.2. The van der Waals surface area contributed by atoms with Crippen LogP contribution in [0.5, 0.6) is 0 Å². The van der Waals surface area contributed by atoms with Gasteiger partial charge in [0.15, 0.2) is 0 Å². The average molecular weight is 355 g/mol. The zero-order valence-electron chi connectivity index (χ0n) is 15.1. The zero-order valence-corrected chi connectivity index (χ0v) is 15.1. The highest BCUT2D eigenvalue weighted by atomic mass is 16.5. The third-order valence-corrected chi connectivity index (χ3v) is 5.54. The molecule has 6 heteroatoms. The van der Waals surface area contributed by atoms with Gasteiger partial charge in [-0.15, -0.1) is 0 Å². The number of likely N-dealkylation sites (tertiary alicyclic amines) is 1. The van der Waals surface area contributed by atoms with Crippen LogP contribution in [0.1, 0.15) is 24.1 Å². The van der Waals surface area contributed by atoms with Crippen molar-refractivity contribution >= 4 is 11.6 Å². The molecule has 138 valence electrons. The third kappa shape index (κ3) is 3.66. The average Bonchev–Trinajstić information content (AvgIpc) is 3.16.